The van der Waals surface area contributed by atoms with Gasteiger partial charge in [0.15, 0.2) is 6.29 Å². The predicted octanol–water partition coefficient (Wildman–Crippen LogP) is 3.81. The van der Waals surface area contributed by atoms with Gasteiger partial charge in [0.2, 0.25) is 5.88 Å². The van der Waals surface area contributed by atoms with Gasteiger partial charge >= 0.3 is 6.09 Å². The van der Waals surface area contributed by atoms with Crippen molar-refractivity contribution in [1.82, 2.24) is 9.88 Å². The second-order valence-corrected chi connectivity index (χ2v) is 8.79. The Kier molecular flexibility index (Phi) is 6.93. The fourth-order valence-electron chi connectivity index (χ4n) is 3.54. The largest absolute Gasteiger partial charge is 0.475 e. The van der Waals surface area contributed by atoms with Crippen molar-refractivity contribution in [3.8, 4) is 17.1 Å². The van der Waals surface area contributed by atoms with Crippen LogP contribution >= 0.6 is 0 Å². The van der Waals surface area contributed by atoms with Gasteiger partial charge in [-0.1, -0.05) is 24.3 Å². The van der Waals surface area contributed by atoms with Crippen LogP contribution in [-0.2, 0) is 18.9 Å². The molecule has 8 heteroatoms. The highest BCUT2D eigenvalue weighted by Crippen LogP contribution is 2.28. The first-order valence-electron chi connectivity index (χ1n) is 10.9. The van der Waals surface area contributed by atoms with Crippen molar-refractivity contribution < 1.29 is 28.5 Å². The molecule has 4 rings (SSSR count). The zero-order valence-electron chi connectivity index (χ0n) is 18.8. The van der Waals surface area contributed by atoms with E-state index in [2.05, 4.69) is 4.98 Å². The predicted molar refractivity (Wildman–Crippen MR) is 117 cm³/mol. The molecule has 1 unspecified atom stereocenters. The molecule has 1 atom stereocenters. The lowest BCUT2D eigenvalue weighted by Gasteiger charge is -2.34. The minimum absolute atomic E-state index is 0.248. The van der Waals surface area contributed by atoms with Gasteiger partial charge in [0.05, 0.1) is 32.1 Å². The second kappa shape index (κ2) is 9.85. The average Bonchev–Trinajstić information content (AvgIpc) is 3.32. The molecule has 3 heterocycles. The molecular formula is C24H30N2O6. The maximum absolute atomic E-state index is 12.3. The minimum Gasteiger partial charge on any atom is -0.475 e. The van der Waals surface area contributed by atoms with Crippen molar-refractivity contribution in [3.05, 3.63) is 48.0 Å². The standard InChI is InChI=1S/C24H30N2O6/c1-24(2,3)32-23(27)26-10-11-28-19(15-26)16-31-21-9-5-8-20(25-21)17-6-4-7-18(14-17)22-29-12-13-30-22/h4-9,14,19,22H,10-13,15-16H2,1-3H3. The van der Waals surface area contributed by atoms with Crippen molar-refractivity contribution >= 4 is 6.09 Å². The normalized spacial score (nSPS) is 19.7. The number of pyridine rings is 1. The molecule has 0 aliphatic carbocycles. The summed E-state index contributed by atoms with van der Waals surface area (Å²) in [4.78, 5) is 18.6. The number of hydrogen-bond acceptors (Lipinski definition) is 7. The van der Waals surface area contributed by atoms with Gasteiger partial charge in [-0.05, 0) is 32.9 Å². The van der Waals surface area contributed by atoms with E-state index in [4.69, 9.17) is 23.7 Å². The Bertz CT molecular complexity index is 923. The highest BCUT2D eigenvalue weighted by molar-refractivity contribution is 5.68. The topological polar surface area (TPSA) is 79.4 Å². The molecular weight excluding hydrogens is 412 g/mol. The summed E-state index contributed by atoms with van der Waals surface area (Å²) >= 11 is 0. The van der Waals surface area contributed by atoms with E-state index < -0.39 is 5.60 Å². The number of morpholine rings is 1. The van der Waals surface area contributed by atoms with Crippen molar-refractivity contribution in [1.29, 1.82) is 0 Å². The molecule has 0 radical (unpaired) electrons. The molecule has 2 aromatic rings. The van der Waals surface area contributed by atoms with E-state index in [9.17, 15) is 4.79 Å². The molecule has 2 saturated heterocycles. The van der Waals surface area contributed by atoms with Crippen LogP contribution in [0.5, 0.6) is 5.88 Å². The van der Waals surface area contributed by atoms with E-state index in [0.717, 1.165) is 16.8 Å². The van der Waals surface area contributed by atoms with Crippen LogP contribution in [0, 0.1) is 0 Å². The number of nitrogens with zero attached hydrogens (tertiary/aromatic N) is 2. The molecule has 2 aliphatic rings. The SMILES string of the molecule is CC(C)(C)OC(=O)N1CCOC(COc2cccc(-c3cccc(C4OCCO4)c3)n2)C1. The van der Waals surface area contributed by atoms with Gasteiger partial charge in [0, 0.05) is 23.7 Å². The summed E-state index contributed by atoms with van der Waals surface area (Å²) in [7, 11) is 0. The summed E-state index contributed by atoms with van der Waals surface area (Å²) in [6.45, 7) is 8.42. The molecule has 1 amide bonds. The lowest BCUT2D eigenvalue weighted by Crippen LogP contribution is -2.49. The summed E-state index contributed by atoms with van der Waals surface area (Å²) in [6.07, 6.45) is -0.909. The molecule has 32 heavy (non-hydrogen) atoms. The van der Waals surface area contributed by atoms with E-state index in [-0.39, 0.29) is 18.5 Å². The zero-order chi connectivity index (χ0) is 22.6. The maximum Gasteiger partial charge on any atom is 0.410 e. The van der Waals surface area contributed by atoms with Gasteiger partial charge in [-0.25, -0.2) is 9.78 Å². The van der Waals surface area contributed by atoms with Gasteiger partial charge < -0.3 is 28.6 Å². The molecule has 172 valence electrons. The number of carbonyl (C=O) groups excluding carboxylic acids is 1. The second-order valence-electron chi connectivity index (χ2n) is 8.79. The van der Waals surface area contributed by atoms with Gasteiger partial charge in [0.25, 0.3) is 0 Å². The number of amides is 1. The van der Waals surface area contributed by atoms with E-state index in [0.29, 0.717) is 45.4 Å². The highest BCUT2D eigenvalue weighted by atomic mass is 16.7. The van der Waals surface area contributed by atoms with Crippen molar-refractivity contribution in [2.75, 3.05) is 39.5 Å². The van der Waals surface area contributed by atoms with Crippen molar-refractivity contribution in [2.24, 2.45) is 0 Å². The van der Waals surface area contributed by atoms with Crippen LogP contribution < -0.4 is 4.74 Å². The fourth-order valence-corrected chi connectivity index (χ4v) is 3.54. The summed E-state index contributed by atoms with van der Waals surface area (Å²) in [5.74, 6) is 0.499. The lowest BCUT2D eigenvalue weighted by atomic mass is 10.1. The first-order valence-corrected chi connectivity index (χ1v) is 10.9. The third-order valence-corrected chi connectivity index (χ3v) is 5.01. The van der Waals surface area contributed by atoms with Gasteiger partial charge in [-0.2, -0.15) is 0 Å². The summed E-state index contributed by atoms with van der Waals surface area (Å²) in [5, 5.41) is 0. The van der Waals surface area contributed by atoms with Gasteiger partial charge in [0.1, 0.15) is 18.3 Å². The van der Waals surface area contributed by atoms with E-state index >= 15 is 0 Å². The Morgan fingerprint density at radius 3 is 2.66 bits per heavy atom. The highest BCUT2D eigenvalue weighted by Gasteiger charge is 2.28. The minimum atomic E-state index is -0.529. The third-order valence-electron chi connectivity index (χ3n) is 5.01. The smallest absolute Gasteiger partial charge is 0.410 e. The maximum atomic E-state index is 12.3. The Labute approximate surface area is 188 Å². The molecule has 0 N–H and O–H groups in total. The average molecular weight is 443 g/mol. The number of benzene rings is 1. The van der Waals surface area contributed by atoms with Crippen LogP contribution in [0.15, 0.2) is 42.5 Å². The Balaban J connectivity index is 1.36. The quantitative estimate of drug-likeness (QED) is 0.697. The molecule has 2 aliphatic heterocycles. The number of carbonyl (C=O) groups is 1. The molecule has 0 saturated carbocycles. The Morgan fingerprint density at radius 1 is 1.09 bits per heavy atom. The van der Waals surface area contributed by atoms with Crippen LogP contribution in [-0.4, -0.2) is 67.2 Å². The third kappa shape index (κ3) is 5.97. The first-order chi connectivity index (χ1) is 15.4. The monoisotopic (exact) mass is 442 g/mol. The molecule has 1 aromatic carbocycles. The fraction of sp³-hybridized carbons (Fsp3) is 0.500. The summed E-state index contributed by atoms with van der Waals surface area (Å²) in [5.41, 5.74) is 2.18. The number of rotatable bonds is 5. The Hall–Kier alpha value is -2.68. The summed E-state index contributed by atoms with van der Waals surface area (Å²) < 4.78 is 28.3. The van der Waals surface area contributed by atoms with E-state index in [1.165, 1.54) is 0 Å². The lowest BCUT2D eigenvalue weighted by molar-refractivity contribution is -0.0561. The Morgan fingerprint density at radius 2 is 1.88 bits per heavy atom. The molecule has 8 nitrogen and oxygen atoms in total. The first kappa shape index (κ1) is 22.5. The molecule has 1 aromatic heterocycles. The van der Waals surface area contributed by atoms with Crippen LogP contribution in [0.4, 0.5) is 4.79 Å². The van der Waals surface area contributed by atoms with Crippen molar-refractivity contribution in [2.45, 2.75) is 38.8 Å². The molecule has 0 spiro atoms. The van der Waals surface area contributed by atoms with Crippen LogP contribution in [0.3, 0.4) is 0 Å². The van der Waals surface area contributed by atoms with Gasteiger partial charge in [-0.15, -0.1) is 0 Å². The summed E-state index contributed by atoms with van der Waals surface area (Å²) in [6, 6.07) is 13.6. The number of hydrogen-bond donors (Lipinski definition) is 0. The van der Waals surface area contributed by atoms with Crippen LogP contribution in [0.1, 0.15) is 32.6 Å². The van der Waals surface area contributed by atoms with Crippen LogP contribution in [0.25, 0.3) is 11.3 Å². The molecule has 0 bridgehead atoms. The van der Waals surface area contributed by atoms with E-state index in [1.54, 1.807) is 4.90 Å². The molecule has 2 fully saturated rings. The zero-order valence-corrected chi connectivity index (χ0v) is 18.8. The van der Waals surface area contributed by atoms with Crippen molar-refractivity contribution in [3.63, 3.8) is 0 Å². The van der Waals surface area contributed by atoms with E-state index in [1.807, 2.05) is 63.2 Å². The number of aromatic nitrogens is 1. The van der Waals surface area contributed by atoms with Crippen LogP contribution in [0.2, 0.25) is 0 Å². The van der Waals surface area contributed by atoms with Gasteiger partial charge in [-0.3, -0.25) is 0 Å². The number of ether oxygens (including phenoxy) is 5.